The van der Waals surface area contributed by atoms with Gasteiger partial charge in [-0.05, 0) is 31.0 Å². The van der Waals surface area contributed by atoms with Gasteiger partial charge in [-0.25, -0.2) is 4.79 Å². The third kappa shape index (κ3) is 4.86. The molecule has 0 radical (unpaired) electrons. The SMILES string of the molecule is NC1CC(NC(=O)c2cc3ccc(O)cc3[nH]2)C1.O=C(O)C(F)(F)F. The van der Waals surface area contributed by atoms with Crippen molar-refractivity contribution in [1.82, 2.24) is 10.3 Å². The Hall–Kier alpha value is -2.75. The van der Waals surface area contributed by atoms with Crippen molar-refractivity contribution in [3.05, 3.63) is 30.0 Å². The van der Waals surface area contributed by atoms with Crippen molar-refractivity contribution in [2.45, 2.75) is 31.1 Å². The molecule has 1 aromatic carbocycles. The van der Waals surface area contributed by atoms with Crippen LogP contribution in [-0.4, -0.2) is 45.3 Å². The highest BCUT2D eigenvalue weighted by molar-refractivity contribution is 5.98. The summed E-state index contributed by atoms with van der Waals surface area (Å²) in [4.78, 5) is 23.9. The van der Waals surface area contributed by atoms with E-state index in [2.05, 4.69) is 10.3 Å². The molecule has 0 bridgehead atoms. The van der Waals surface area contributed by atoms with Crippen LogP contribution in [0.5, 0.6) is 5.75 Å². The van der Waals surface area contributed by atoms with Gasteiger partial charge in [0.25, 0.3) is 5.91 Å². The van der Waals surface area contributed by atoms with Gasteiger partial charge in [0.05, 0.1) is 0 Å². The molecule has 1 aromatic heterocycles. The number of aliphatic carboxylic acids is 1. The minimum atomic E-state index is -5.08. The van der Waals surface area contributed by atoms with Crippen LogP contribution in [0.25, 0.3) is 10.9 Å². The molecule has 1 saturated carbocycles. The van der Waals surface area contributed by atoms with Crippen LogP contribution in [0.2, 0.25) is 0 Å². The molecule has 25 heavy (non-hydrogen) atoms. The first-order chi connectivity index (χ1) is 11.6. The van der Waals surface area contributed by atoms with E-state index in [1.165, 1.54) is 0 Å². The number of nitrogens with one attached hydrogen (secondary N) is 2. The minimum absolute atomic E-state index is 0.123. The zero-order valence-corrected chi connectivity index (χ0v) is 12.8. The van der Waals surface area contributed by atoms with Crippen LogP contribution >= 0.6 is 0 Å². The first-order valence-corrected chi connectivity index (χ1v) is 7.24. The van der Waals surface area contributed by atoms with E-state index in [0.717, 1.165) is 23.7 Å². The molecule has 2 aromatic rings. The van der Waals surface area contributed by atoms with Crippen molar-refractivity contribution in [3.8, 4) is 5.75 Å². The van der Waals surface area contributed by atoms with Crippen LogP contribution < -0.4 is 11.1 Å². The van der Waals surface area contributed by atoms with Gasteiger partial charge in [-0.1, -0.05) is 0 Å². The molecule has 1 heterocycles. The number of benzene rings is 1. The molecular formula is C15H16F3N3O4. The molecule has 7 nitrogen and oxygen atoms in total. The lowest BCUT2D eigenvalue weighted by Crippen LogP contribution is -2.50. The maximum Gasteiger partial charge on any atom is 0.490 e. The summed E-state index contributed by atoms with van der Waals surface area (Å²) >= 11 is 0. The highest BCUT2D eigenvalue weighted by Crippen LogP contribution is 2.22. The summed E-state index contributed by atoms with van der Waals surface area (Å²) in [6.07, 6.45) is -3.40. The number of nitrogens with two attached hydrogens (primary N) is 1. The van der Waals surface area contributed by atoms with Gasteiger partial charge in [0, 0.05) is 29.1 Å². The molecule has 136 valence electrons. The number of carboxylic acids is 1. The summed E-state index contributed by atoms with van der Waals surface area (Å²) < 4.78 is 31.7. The Bertz CT molecular complexity index is 782. The Labute approximate surface area is 139 Å². The fourth-order valence-electron chi connectivity index (χ4n) is 2.28. The average molecular weight is 359 g/mol. The molecule has 1 aliphatic carbocycles. The van der Waals surface area contributed by atoms with E-state index in [4.69, 9.17) is 15.6 Å². The van der Waals surface area contributed by atoms with Gasteiger partial charge in [-0.2, -0.15) is 13.2 Å². The van der Waals surface area contributed by atoms with Crippen molar-refractivity contribution in [3.63, 3.8) is 0 Å². The van der Waals surface area contributed by atoms with Gasteiger partial charge in [-0.15, -0.1) is 0 Å². The van der Waals surface area contributed by atoms with Gasteiger partial charge in [0.1, 0.15) is 11.4 Å². The molecule has 10 heteroatoms. The van der Waals surface area contributed by atoms with Crippen LogP contribution in [-0.2, 0) is 4.79 Å². The number of carbonyl (C=O) groups excluding carboxylic acids is 1. The topological polar surface area (TPSA) is 128 Å². The smallest absolute Gasteiger partial charge is 0.490 e. The summed E-state index contributed by atoms with van der Waals surface area (Å²) in [5.74, 6) is -2.70. The number of phenols is 1. The second-order valence-corrected chi connectivity index (χ2v) is 5.66. The van der Waals surface area contributed by atoms with Crippen molar-refractivity contribution in [2.75, 3.05) is 0 Å². The Kier molecular flexibility index (Phi) is 5.21. The average Bonchev–Trinajstić information content (AvgIpc) is 2.88. The third-order valence-electron chi connectivity index (χ3n) is 3.60. The largest absolute Gasteiger partial charge is 0.508 e. The lowest BCUT2D eigenvalue weighted by atomic mass is 9.87. The molecule has 0 unspecified atom stereocenters. The fraction of sp³-hybridized carbons (Fsp3) is 0.333. The van der Waals surface area contributed by atoms with Gasteiger partial charge in [-0.3, -0.25) is 4.79 Å². The Morgan fingerprint density at radius 1 is 1.24 bits per heavy atom. The number of carbonyl (C=O) groups is 2. The molecular weight excluding hydrogens is 343 g/mol. The van der Waals surface area contributed by atoms with E-state index in [-0.39, 0.29) is 23.7 Å². The quantitative estimate of drug-likeness (QED) is 0.558. The zero-order valence-electron chi connectivity index (χ0n) is 12.8. The summed E-state index contributed by atoms with van der Waals surface area (Å²) in [6, 6.07) is 7.16. The number of H-pyrrole nitrogens is 1. The van der Waals surface area contributed by atoms with Gasteiger partial charge in [0.2, 0.25) is 0 Å². The number of carboxylic acid groups (broad SMARTS) is 1. The summed E-state index contributed by atoms with van der Waals surface area (Å²) in [7, 11) is 0. The standard InChI is InChI=1S/C13H15N3O2.C2HF3O2/c14-8-4-9(5-8)15-13(18)12-3-7-1-2-10(17)6-11(7)16-12;3-2(4,5)1(6)7/h1-3,6,8-9,16-17H,4-5,14H2,(H,15,18);(H,6,7). The van der Waals surface area contributed by atoms with E-state index < -0.39 is 12.1 Å². The minimum Gasteiger partial charge on any atom is -0.508 e. The maximum absolute atomic E-state index is 12.0. The second kappa shape index (κ2) is 7.01. The molecule has 1 amide bonds. The normalized spacial score (nSPS) is 19.5. The third-order valence-corrected chi connectivity index (χ3v) is 3.60. The van der Waals surface area contributed by atoms with Crippen molar-refractivity contribution < 1.29 is 33.0 Å². The summed E-state index contributed by atoms with van der Waals surface area (Å²) in [5, 5.41) is 20.3. The Balaban J connectivity index is 0.000000277. The predicted octanol–water partition coefficient (Wildman–Crippen LogP) is 1.73. The van der Waals surface area contributed by atoms with E-state index in [1.54, 1.807) is 24.3 Å². The van der Waals surface area contributed by atoms with Crippen LogP contribution in [0.3, 0.4) is 0 Å². The van der Waals surface area contributed by atoms with Gasteiger partial charge < -0.3 is 26.2 Å². The molecule has 0 aliphatic heterocycles. The number of halogens is 3. The number of aromatic nitrogens is 1. The van der Waals surface area contributed by atoms with Crippen molar-refractivity contribution in [1.29, 1.82) is 0 Å². The number of aromatic hydroxyl groups is 1. The molecule has 0 atom stereocenters. The lowest BCUT2D eigenvalue weighted by Gasteiger charge is -2.32. The summed E-state index contributed by atoms with van der Waals surface area (Å²) in [5.41, 5.74) is 6.94. The van der Waals surface area contributed by atoms with Gasteiger partial charge >= 0.3 is 12.1 Å². The number of alkyl halides is 3. The van der Waals surface area contributed by atoms with E-state index >= 15 is 0 Å². The van der Waals surface area contributed by atoms with Crippen LogP contribution in [0.15, 0.2) is 24.3 Å². The van der Waals surface area contributed by atoms with Crippen molar-refractivity contribution >= 4 is 22.8 Å². The van der Waals surface area contributed by atoms with E-state index in [9.17, 15) is 23.1 Å². The summed E-state index contributed by atoms with van der Waals surface area (Å²) in [6.45, 7) is 0. The highest BCUT2D eigenvalue weighted by Gasteiger charge is 2.38. The lowest BCUT2D eigenvalue weighted by molar-refractivity contribution is -0.192. The molecule has 1 aliphatic rings. The number of hydrogen-bond acceptors (Lipinski definition) is 4. The number of fused-ring (bicyclic) bond motifs is 1. The number of hydrogen-bond donors (Lipinski definition) is 5. The van der Waals surface area contributed by atoms with E-state index in [1.807, 2.05) is 0 Å². The highest BCUT2D eigenvalue weighted by atomic mass is 19.4. The Morgan fingerprint density at radius 3 is 2.36 bits per heavy atom. The first-order valence-electron chi connectivity index (χ1n) is 7.24. The van der Waals surface area contributed by atoms with Crippen LogP contribution in [0.4, 0.5) is 13.2 Å². The molecule has 0 saturated heterocycles. The monoisotopic (exact) mass is 359 g/mol. The molecule has 3 rings (SSSR count). The number of aromatic amines is 1. The van der Waals surface area contributed by atoms with Crippen LogP contribution in [0, 0.1) is 0 Å². The maximum atomic E-state index is 12.0. The number of amides is 1. The van der Waals surface area contributed by atoms with E-state index in [0.29, 0.717) is 5.69 Å². The van der Waals surface area contributed by atoms with Gasteiger partial charge in [0.15, 0.2) is 0 Å². The van der Waals surface area contributed by atoms with Crippen molar-refractivity contribution in [2.24, 2.45) is 5.73 Å². The van der Waals surface area contributed by atoms with Crippen LogP contribution in [0.1, 0.15) is 23.3 Å². The molecule has 6 N–H and O–H groups in total. The Morgan fingerprint density at radius 2 is 1.84 bits per heavy atom. The number of rotatable bonds is 2. The fourth-order valence-corrected chi connectivity index (χ4v) is 2.28. The molecule has 1 fully saturated rings. The zero-order chi connectivity index (χ0) is 18.8. The predicted molar refractivity (Wildman–Crippen MR) is 82.1 cm³/mol. The second-order valence-electron chi connectivity index (χ2n) is 5.66. The molecule has 0 spiro atoms. The first kappa shape index (κ1) is 18.6. The number of phenolic OH excluding ortho intramolecular Hbond substituents is 1.